The van der Waals surface area contributed by atoms with Gasteiger partial charge in [0.05, 0.1) is 6.54 Å². The molecule has 1 aliphatic heterocycles. The lowest BCUT2D eigenvalue weighted by Gasteiger charge is -2.35. The molecule has 1 atom stereocenters. The lowest BCUT2D eigenvalue weighted by atomic mass is 10.2. The van der Waals surface area contributed by atoms with Crippen molar-refractivity contribution in [3.8, 4) is 0 Å². The van der Waals surface area contributed by atoms with Gasteiger partial charge < -0.3 is 15.0 Å². The highest BCUT2D eigenvalue weighted by Gasteiger charge is 2.31. The van der Waals surface area contributed by atoms with Crippen LogP contribution in [0.1, 0.15) is 41.0 Å². The number of carbonyl (C=O) groups excluding carboxylic acids is 3. The van der Waals surface area contributed by atoms with E-state index in [0.717, 1.165) is 6.42 Å². The third-order valence-corrected chi connectivity index (χ3v) is 3.32. The molecule has 126 valence electrons. The van der Waals surface area contributed by atoms with Crippen LogP contribution in [0.3, 0.4) is 0 Å². The molecular formula is C15H27N3O4. The normalized spacial score (nSPS) is 17.2. The van der Waals surface area contributed by atoms with Gasteiger partial charge in [-0.15, -0.1) is 0 Å². The van der Waals surface area contributed by atoms with Crippen molar-refractivity contribution >= 4 is 17.9 Å². The number of hydrogen-bond acceptors (Lipinski definition) is 4. The fourth-order valence-corrected chi connectivity index (χ4v) is 1.95. The highest BCUT2D eigenvalue weighted by atomic mass is 16.6. The van der Waals surface area contributed by atoms with Crippen LogP contribution in [0.25, 0.3) is 0 Å². The minimum atomic E-state index is -0.590. The van der Waals surface area contributed by atoms with E-state index in [1.165, 1.54) is 9.80 Å². The smallest absolute Gasteiger partial charge is 0.410 e. The molecule has 0 aromatic rings. The summed E-state index contributed by atoms with van der Waals surface area (Å²) in [5.74, 6) is -0.412. The van der Waals surface area contributed by atoms with Crippen molar-refractivity contribution in [2.45, 2.75) is 52.7 Å². The fraction of sp³-hybridized carbons (Fsp3) is 0.800. The molecule has 0 spiro atoms. The second kappa shape index (κ2) is 7.47. The number of carbonyl (C=O) groups is 3. The molecule has 1 heterocycles. The average Bonchev–Trinajstić information content (AvgIpc) is 2.38. The van der Waals surface area contributed by atoms with Crippen LogP contribution in [-0.2, 0) is 14.3 Å². The summed E-state index contributed by atoms with van der Waals surface area (Å²) in [4.78, 5) is 38.6. The van der Waals surface area contributed by atoms with Crippen molar-refractivity contribution in [2.75, 3.05) is 26.2 Å². The first kappa shape index (κ1) is 18.3. The SMILES string of the molecule is CC[C@H](C)NC(=O)CN1CCN(C(=O)OC(C)(C)C)CC1=O. The molecule has 7 heteroatoms. The minimum absolute atomic E-state index is 0.0331. The van der Waals surface area contributed by atoms with Gasteiger partial charge in [-0.2, -0.15) is 0 Å². The van der Waals surface area contributed by atoms with Crippen LogP contribution in [0.15, 0.2) is 0 Å². The second-order valence-corrected chi connectivity index (χ2v) is 6.59. The summed E-state index contributed by atoms with van der Waals surface area (Å²) >= 11 is 0. The largest absolute Gasteiger partial charge is 0.444 e. The molecule has 0 saturated carbocycles. The van der Waals surface area contributed by atoms with Crippen LogP contribution < -0.4 is 5.32 Å². The van der Waals surface area contributed by atoms with E-state index in [-0.39, 0.29) is 30.9 Å². The van der Waals surface area contributed by atoms with Gasteiger partial charge in [0.15, 0.2) is 0 Å². The van der Waals surface area contributed by atoms with Crippen molar-refractivity contribution < 1.29 is 19.1 Å². The summed E-state index contributed by atoms with van der Waals surface area (Å²) in [5.41, 5.74) is -0.590. The standard InChI is InChI=1S/C15H27N3O4/c1-6-11(2)16-12(19)9-17-7-8-18(10-13(17)20)14(21)22-15(3,4)5/h11H,6-10H2,1-5H3,(H,16,19)/t11-/m0/s1. The summed E-state index contributed by atoms with van der Waals surface area (Å²) in [6, 6.07) is 0.0886. The Morgan fingerprint density at radius 2 is 1.95 bits per heavy atom. The van der Waals surface area contributed by atoms with Gasteiger partial charge in [0, 0.05) is 19.1 Å². The molecule has 0 radical (unpaired) electrons. The molecule has 1 aliphatic rings. The predicted octanol–water partition coefficient (Wildman–Crippen LogP) is 0.980. The summed E-state index contributed by atoms with van der Waals surface area (Å²) in [6.07, 6.45) is 0.344. The Bertz CT molecular complexity index is 431. The van der Waals surface area contributed by atoms with Gasteiger partial charge >= 0.3 is 6.09 Å². The maximum atomic E-state index is 12.1. The number of rotatable bonds is 4. The topological polar surface area (TPSA) is 79.0 Å². The van der Waals surface area contributed by atoms with E-state index >= 15 is 0 Å². The molecule has 0 aromatic heterocycles. The van der Waals surface area contributed by atoms with Crippen molar-refractivity contribution in [3.05, 3.63) is 0 Å². The van der Waals surface area contributed by atoms with E-state index in [1.807, 2.05) is 13.8 Å². The van der Waals surface area contributed by atoms with Crippen LogP contribution >= 0.6 is 0 Å². The molecule has 0 aliphatic carbocycles. The zero-order valence-corrected chi connectivity index (χ0v) is 14.1. The first-order valence-electron chi connectivity index (χ1n) is 7.67. The Hall–Kier alpha value is -1.79. The summed E-state index contributed by atoms with van der Waals surface area (Å²) < 4.78 is 5.25. The second-order valence-electron chi connectivity index (χ2n) is 6.59. The molecule has 1 saturated heterocycles. The highest BCUT2D eigenvalue weighted by molar-refractivity contribution is 5.88. The van der Waals surface area contributed by atoms with Crippen molar-refractivity contribution in [1.29, 1.82) is 0 Å². The maximum absolute atomic E-state index is 12.1. The van der Waals surface area contributed by atoms with Crippen molar-refractivity contribution in [3.63, 3.8) is 0 Å². The van der Waals surface area contributed by atoms with E-state index < -0.39 is 11.7 Å². The van der Waals surface area contributed by atoms with Crippen molar-refractivity contribution in [1.82, 2.24) is 15.1 Å². The summed E-state index contributed by atoms with van der Waals surface area (Å²) in [5, 5.41) is 2.82. The Labute approximate surface area is 132 Å². The van der Waals surface area contributed by atoms with Gasteiger partial charge in [0.2, 0.25) is 11.8 Å². The third kappa shape index (κ3) is 5.91. The summed E-state index contributed by atoms with van der Waals surface area (Å²) in [7, 11) is 0. The zero-order chi connectivity index (χ0) is 16.9. The molecule has 0 aromatic carbocycles. The quantitative estimate of drug-likeness (QED) is 0.839. The van der Waals surface area contributed by atoms with Crippen LogP contribution in [0.2, 0.25) is 0 Å². The van der Waals surface area contributed by atoms with E-state index in [9.17, 15) is 14.4 Å². The predicted molar refractivity (Wildman–Crippen MR) is 82.3 cm³/mol. The van der Waals surface area contributed by atoms with Gasteiger partial charge in [0.1, 0.15) is 12.1 Å². The Morgan fingerprint density at radius 1 is 1.32 bits per heavy atom. The third-order valence-electron chi connectivity index (χ3n) is 3.32. The molecule has 1 N–H and O–H groups in total. The fourth-order valence-electron chi connectivity index (χ4n) is 1.95. The number of ether oxygens (including phenoxy) is 1. The highest BCUT2D eigenvalue weighted by Crippen LogP contribution is 2.12. The molecule has 1 rings (SSSR count). The van der Waals surface area contributed by atoms with Crippen LogP contribution in [-0.4, -0.2) is 65.5 Å². The van der Waals surface area contributed by atoms with Gasteiger partial charge in [-0.25, -0.2) is 4.79 Å². The monoisotopic (exact) mass is 313 g/mol. The van der Waals surface area contributed by atoms with E-state index in [4.69, 9.17) is 4.74 Å². The lowest BCUT2D eigenvalue weighted by Crippen LogP contribution is -2.55. The zero-order valence-electron chi connectivity index (χ0n) is 14.1. The number of amides is 3. The van der Waals surface area contributed by atoms with E-state index in [1.54, 1.807) is 20.8 Å². The van der Waals surface area contributed by atoms with Gasteiger partial charge in [-0.3, -0.25) is 14.5 Å². The first-order chi connectivity index (χ1) is 10.1. The molecule has 0 bridgehead atoms. The number of nitrogens with one attached hydrogen (secondary N) is 1. The van der Waals surface area contributed by atoms with Gasteiger partial charge in [-0.1, -0.05) is 6.92 Å². The maximum Gasteiger partial charge on any atom is 0.410 e. The number of hydrogen-bond donors (Lipinski definition) is 1. The molecular weight excluding hydrogens is 286 g/mol. The van der Waals surface area contributed by atoms with Gasteiger partial charge in [0.25, 0.3) is 0 Å². The number of piperazine rings is 1. The number of nitrogens with zero attached hydrogens (tertiary/aromatic N) is 2. The molecule has 1 fully saturated rings. The Kier molecular flexibility index (Phi) is 6.20. The Balaban J connectivity index is 2.48. The van der Waals surface area contributed by atoms with E-state index in [0.29, 0.717) is 13.1 Å². The van der Waals surface area contributed by atoms with E-state index in [2.05, 4.69) is 5.32 Å². The van der Waals surface area contributed by atoms with Gasteiger partial charge in [-0.05, 0) is 34.1 Å². The molecule has 3 amide bonds. The first-order valence-corrected chi connectivity index (χ1v) is 7.67. The minimum Gasteiger partial charge on any atom is -0.444 e. The van der Waals surface area contributed by atoms with Crippen LogP contribution in [0.4, 0.5) is 4.79 Å². The average molecular weight is 313 g/mol. The lowest BCUT2D eigenvalue weighted by molar-refractivity contribution is -0.140. The molecule has 0 unspecified atom stereocenters. The summed E-state index contributed by atoms with van der Waals surface area (Å²) in [6.45, 7) is 9.93. The molecule has 22 heavy (non-hydrogen) atoms. The Morgan fingerprint density at radius 3 is 2.45 bits per heavy atom. The van der Waals surface area contributed by atoms with Crippen LogP contribution in [0, 0.1) is 0 Å². The van der Waals surface area contributed by atoms with Crippen LogP contribution in [0.5, 0.6) is 0 Å². The molecule has 7 nitrogen and oxygen atoms in total. The van der Waals surface area contributed by atoms with Crippen molar-refractivity contribution in [2.24, 2.45) is 0 Å².